The predicted molar refractivity (Wildman–Crippen MR) is 85.5 cm³/mol. The van der Waals surface area contributed by atoms with Crippen LogP contribution in [0, 0.1) is 0 Å². The van der Waals surface area contributed by atoms with Crippen LogP contribution in [0.5, 0.6) is 5.75 Å². The summed E-state index contributed by atoms with van der Waals surface area (Å²) in [5, 5.41) is 2.81. The minimum absolute atomic E-state index is 0.0379. The molecule has 0 fully saturated rings. The summed E-state index contributed by atoms with van der Waals surface area (Å²) in [5.41, 5.74) is -0.377. The molecule has 0 aliphatic rings. The maximum absolute atomic E-state index is 12.9. The summed E-state index contributed by atoms with van der Waals surface area (Å²) in [4.78, 5) is 15.5. The molecule has 25 heavy (non-hydrogen) atoms. The number of ether oxygens (including phenoxy) is 2. The Balaban J connectivity index is 2.26. The molecule has 0 aliphatic carbocycles. The van der Waals surface area contributed by atoms with E-state index in [1.807, 2.05) is 0 Å². The third-order valence-electron chi connectivity index (χ3n) is 3.33. The average Bonchev–Trinajstić information content (AvgIpc) is 2.59. The maximum Gasteiger partial charge on any atom is 0.417 e. The first-order valence-corrected chi connectivity index (χ1v) is 7.46. The number of nitrogens with one attached hydrogen (secondary N) is 1. The molecule has 2 rings (SSSR count). The lowest BCUT2D eigenvalue weighted by Crippen LogP contribution is -2.15. The van der Waals surface area contributed by atoms with Gasteiger partial charge in [-0.1, -0.05) is 12.1 Å². The normalized spacial score (nSPS) is 11.1. The van der Waals surface area contributed by atoms with Gasteiger partial charge in [-0.05, 0) is 30.7 Å². The number of hydrogen-bond donors (Lipinski definition) is 1. The number of carbonyl (C=O) groups excluding carboxylic acids is 1. The van der Waals surface area contributed by atoms with Gasteiger partial charge in [-0.15, -0.1) is 0 Å². The second-order valence-electron chi connectivity index (χ2n) is 5.04. The number of esters is 1. The number of rotatable bonds is 6. The van der Waals surface area contributed by atoms with Crippen molar-refractivity contribution in [2.45, 2.75) is 19.6 Å². The van der Waals surface area contributed by atoms with Gasteiger partial charge in [0.15, 0.2) is 5.69 Å². The van der Waals surface area contributed by atoms with Gasteiger partial charge in [0.05, 0.1) is 25.0 Å². The van der Waals surface area contributed by atoms with Crippen molar-refractivity contribution < 1.29 is 27.4 Å². The van der Waals surface area contributed by atoms with E-state index in [1.165, 1.54) is 7.11 Å². The molecule has 1 N–H and O–H groups in total. The van der Waals surface area contributed by atoms with E-state index in [9.17, 15) is 18.0 Å². The Morgan fingerprint density at radius 2 is 1.92 bits per heavy atom. The van der Waals surface area contributed by atoms with Crippen LogP contribution in [-0.4, -0.2) is 24.7 Å². The summed E-state index contributed by atoms with van der Waals surface area (Å²) in [6.07, 6.45) is -3.94. The highest BCUT2D eigenvalue weighted by Crippen LogP contribution is 2.31. The number of aromatic nitrogens is 1. The number of methoxy groups -OCH3 is 1. The second kappa shape index (κ2) is 7.87. The number of benzene rings is 1. The third-order valence-corrected chi connectivity index (χ3v) is 3.33. The van der Waals surface area contributed by atoms with Crippen LogP contribution in [-0.2, 0) is 17.5 Å². The number of halogens is 3. The molecule has 0 aliphatic heterocycles. The van der Waals surface area contributed by atoms with Crippen molar-refractivity contribution in [3.05, 3.63) is 53.3 Å². The smallest absolute Gasteiger partial charge is 0.417 e. The van der Waals surface area contributed by atoms with Crippen molar-refractivity contribution >= 4 is 11.7 Å². The van der Waals surface area contributed by atoms with Crippen molar-refractivity contribution in [2.24, 2.45) is 0 Å². The Labute approximate surface area is 142 Å². The number of anilines is 1. The summed E-state index contributed by atoms with van der Waals surface area (Å²) in [7, 11) is 1.53. The monoisotopic (exact) mass is 354 g/mol. The highest BCUT2D eigenvalue weighted by Gasteiger charge is 2.32. The van der Waals surface area contributed by atoms with Gasteiger partial charge in [0.2, 0.25) is 0 Å². The molecular weight excluding hydrogens is 337 g/mol. The quantitative estimate of drug-likeness (QED) is 0.798. The zero-order valence-corrected chi connectivity index (χ0v) is 13.7. The molecule has 1 aromatic heterocycles. The van der Waals surface area contributed by atoms with E-state index < -0.39 is 17.7 Å². The molecular formula is C17H17F3N2O3. The number of alkyl halides is 3. The molecule has 5 nitrogen and oxygen atoms in total. The van der Waals surface area contributed by atoms with E-state index in [4.69, 9.17) is 9.47 Å². The van der Waals surface area contributed by atoms with Crippen molar-refractivity contribution in [2.75, 3.05) is 19.0 Å². The molecule has 0 saturated heterocycles. The van der Waals surface area contributed by atoms with Gasteiger partial charge in [0.25, 0.3) is 0 Å². The molecule has 0 atom stereocenters. The molecule has 1 aromatic carbocycles. The van der Waals surface area contributed by atoms with Gasteiger partial charge >= 0.3 is 12.1 Å². The van der Waals surface area contributed by atoms with E-state index in [0.717, 1.165) is 11.6 Å². The SMILES string of the molecule is CCOC(=O)c1ncc(C(F)(F)F)cc1NCc1ccc(OC)cc1. The molecule has 0 amide bonds. The Hall–Kier alpha value is -2.77. The molecule has 1 heterocycles. The zero-order valence-electron chi connectivity index (χ0n) is 13.7. The Kier molecular flexibility index (Phi) is 5.84. The van der Waals surface area contributed by atoms with Crippen LogP contribution in [0.1, 0.15) is 28.5 Å². The van der Waals surface area contributed by atoms with Crippen molar-refractivity contribution in [3.8, 4) is 5.75 Å². The molecule has 0 unspecified atom stereocenters. The minimum Gasteiger partial charge on any atom is -0.497 e. The topological polar surface area (TPSA) is 60.5 Å². The maximum atomic E-state index is 12.9. The summed E-state index contributed by atoms with van der Waals surface area (Å²) >= 11 is 0. The van der Waals surface area contributed by atoms with Gasteiger partial charge in [-0.2, -0.15) is 13.2 Å². The third kappa shape index (κ3) is 4.85. The molecule has 8 heteroatoms. The fraction of sp³-hybridized carbons (Fsp3) is 0.294. The largest absolute Gasteiger partial charge is 0.497 e. The van der Waals surface area contributed by atoms with E-state index in [-0.39, 0.29) is 24.5 Å². The Bertz CT molecular complexity index is 731. The molecule has 0 saturated carbocycles. The molecule has 0 radical (unpaired) electrons. The first kappa shape index (κ1) is 18.6. The summed E-state index contributed by atoms with van der Waals surface area (Å²) in [5.74, 6) is -0.120. The van der Waals surface area contributed by atoms with Crippen LogP contribution in [0.4, 0.5) is 18.9 Å². The van der Waals surface area contributed by atoms with Gasteiger partial charge < -0.3 is 14.8 Å². The zero-order chi connectivity index (χ0) is 18.4. The van der Waals surface area contributed by atoms with Crippen LogP contribution in [0.2, 0.25) is 0 Å². The standard InChI is InChI=1S/C17H17F3N2O3/c1-3-25-16(23)15-14(8-12(10-22-15)17(18,19)20)21-9-11-4-6-13(24-2)7-5-11/h4-8,10,21H,3,9H2,1-2H3. The van der Waals surface area contributed by atoms with E-state index >= 15 is 0 Å². The average molecular weight is 354 g/mol. The van der Waals surface area contributed by atoms with E-state index in [0.29, 0.717) is 11.9 Å². The molecule has 2 aromatic rings. The van der Waals surface area contributed by atoms with Gasteiger partial charge in [0, 0.05) is 12.7 Å². The number of carbonyl (C=O) groups is 1. The molecule has 0 bridgehead atoms. The summed E-state index contributed by atoms with van der Waals surface area (Å²) in [6, 6.07) is 7.83. The second-order valence-corrected chi connectivity index (χ2v) is 5.04. The first-order valence-electron chi connectivity index (χ1n) is 7.46. The highest BCUT2D eigenvalue weighted by atomic mass is 19.4. The van der Waals surface area contributed by atoms with Gasteiger partial charge in [-0.3, -0.25) is 0 Å². The van der Waals surface area contributed by atoms with E-state index in [1.54, 1.807) is 31.2 Å². The summed E-state index contributed by atoms with van der Waals surface area (Å²) < 4.78 is 48.6. The fourth-order valence-electron chi connectivity index (χ4n) is 2.06. The minimum atomic E-state index is -4.56. The van der Waals surface area contributed by atoms with E-state index in [2.05, 4.69) is 10.3 Å². The number of hydrogen-bond acceptors (Lipinski definition) is 5. The first-order chi connectivity index (χ1) is 11.8. The van der Waals surface area contributed by atoms with Crippen LogP contribution in [0.15, 0.2) is 36.5 Å². The molecule has 134 valence electrons. The van der Waals surface area contributed by atoms with Crippen LogP contribution in [0.3, 0.4) is 0 Å². The highest BCUT2D eigenvalue weighted by molar-refractivity contribution is 5.93. The van der Waals surface area contributed by atoms with Gasteiger partial charge in [-0.25, -0.2) is 9.78 Å². The molecule has 0 spiro atoms. The van der Waals surface area contributed by atoms with Crippen LogP contribution < -0.4 is 10.1 Å². The summed E-state index contributed by atoms with van der Waals surface area (Å²) in [6.45, 7) is 1.91. The predicted octanol–water partition coefficient (Wildman–Crippen LogP) is 3.90. The number of pyridine rings is 1. The van der Waals surface area contributed by atoms with Crippen LogP contribution in [0.25, 0.3) is 0 Å². The lowest BCUT2D eigenvalue weighted by molar-refractivity contribution is -0.137. The number of nitrogens with zero attached hydrogens (tertiary/aromatic N) is 1. The van der Waals surface area contributed by atoms with Crippen molar-refractivity contribution in [3.63, 3.8) is 0 Å². The fourth-order valence-corrected chi connectivity index (χ4v) is 2.06. The Morgan fingerprint density at radius 3 is 2.48 bits per heavy atom. The van der Waals surface area contributed by atoms with Crippen molar-refractivity contribution in [1.29, 1.82) is 0 Å². The van der Waals surface area contributed by atoms with Crippen LogP contribution >= 0.6 is 0 Å². The van der Waals surface area contributed by atoms with Crippen molar-refractivity contribution in [1.82, 2.24) is 4.98 Å². The van der Waals surface area contributed by atoms with Gasteiger partial charge in [0.1, 0.15) is 5.75 Å². The Morgan fingerprint density at radius 1 is 1.24 bits per heavy atom. The lowest BCUT2D eigenvalue weighted by Gasteiger charge is -2.14. The lowest BCUT2D eigenvalue weighted by atomic mass is 10.1.